The second kappa shape index (κ2) is 4.93. The van der Waals surface area contributed by atoms with Crippen LogP contribution in [0.2, 0.25) is 0 Å². The largest absolute Gasteiger partial charge is 0.330 e. The Bertz CT molecular complexity index is 531. The van der Waals surface area contributed by atoms with E-state index in [1.54, 1.807) is 24.1 Å². The molecular formula is C13H15N3O. The van der Waals surface area contributed by atoms with Gasteiger partial charge < -0.3 is 5.73 Å². The molecule has 17 heavy (non-hydrogen) atoms. The highest BCUT2D eigenvalue weighted by Gasteiger charge is 2.13. The standard InChI is InChI=1S/C13H15N3O/c1-16-9-11(8-15-16)13(17)12-5-3-2-4-10(12)6-7-14/h2-5,8-9H,6-7,14H2,1H3. The fourth-order valence-corrected chi connectivity index (χ4v) is 1.81. The van der Waals surface area contributed by atoms with Gasteiger partial charge in [0.15, 0.2) is 5.78 Å². The van der Waals surface area contributed by atoms with Gasteiger partial charge in [0.25, 0.3) is 0 Å². The van der Waals surface area contributed by atoms with Gasteiger partial charge in [-0.25, -0.2) is 0 Å². The molecule has 4 nitrogen and oxygen atoms in total. The van der Waals surface area contributed by atoms with Gasteiger partial charge in [0.2, 0.25) is 0 Å². The van der Waals surface area contributed by atoms with Crippen molar-refractivity contribution in [2.45, 2.75) is 6.42 Å². The molecule has 0 atom stereocenters. The Kier molecular flexibility index (Phi) is 3.35. The molecule has 2 aromatic rings. The van der Waals surface area contributed by atoms with Crippen LogP contribution in [0, 0.1) is 0 Å². The SMILES string of the molecule is Cn1cc(C(=O)c2ccccc2CCN)cn1. The highest BCUT2D eigenvalue weighted by molar-refractivity contribution is 6.09. The summed E-state index contributed by atoms with van der Waals surface area (Å²) in [6, 6.07) is 7.56. The third kappa shape index (κ3) is 2.42. The molecule has 0 saturated heterocycles. The topological polar surface area (TPSA) is 60.9 Å². The Hall–Kier alpha value is -1.94. The fraction of sp³-hybridized carbons (Fsp3) is 0.231. The number of benzene rings is 1. The third-order valence-corrected chi connectivity index (χ3v) is 2.64. The number of aromatic nitrogens is 2. The lowest BCUT2D eigenvalue weighted by Crippen LogP contribution is -2.09. The Labute approximate surface area is 100 Å². The first-order chi connectivity index (χ1) is 8.22. The first-order valence-electron chi connectivity index (χ1n) is 5.53. The lowest BCUT2D eigenvalue weighted by Gasteiger charge is -2.05. The zero-order chi connectivity index (χ0) is 12.3. The number of aryl methyl sites for hydroxylation is 1. The molecule has 0 spiro atoms. The molecule has 0 aliphatic heterocycles. The minimum absolute atomic E-state index is 0.00199. The third-order valence-electron chi connectivity index (χ3n) is 2.64. The van der Waals surface area contributed by atoms with Crippen molar-refractivity contribution in [3.05, 3.63) is 53.3 Å². The summed E-state index contributed by atoms with van der Waals surface area (Å²) in [6.45, 7) is 0.539. The van der Waals surface area contributed by atoms with E-state index in [0.717, 1.165) is 5.56 Å². The van der Waals surface area contributed by atoms with E-state index in [9.17, 15) is 4.79 Å². The van der Waals surface area contributed by atoms with Crippen LogP contribution in [0.3, 0.4) is 0 Å². The predicted octanol–water partition coefficient (Wildman–Crippen LogP) is 1.15. The van der Waals surface area contributed by atoms with Crippen molar-refractivity contribution in [2.75, 3.05) is 6.54 Å². The lowest BCUT2D eigenvalue weighted by atomic mass is 9.98. The summed E-state index contributed by atoms with van der Waals surface area (Å²) in [7, 11) is 1.79. The van der Waals surface area contributed by atoms with Crippen molar-refractivity contribution in [3.63, 3.8) is 0 Å². The molecule has 0 bridgehead atoms. The number of carbonyl (C=O) groups excluding carboxylic acids is 1. The second-order valence-electron chi connectivity index (χ2n) is 3.93. The minimum atomic E-state index is 0.00199. The van der Waals surface area contributed by atoms with Crippen molar-refractivity contribution in [2.24, 2.45) is 12.8 Å². The summed E-state index contributed by atoms with van der Waals surface area (Å²) >= 11 is 0. The molecule has 1 heterocycles. The van der Waals surface area contributed by atoms with Crippen LogP contribution in [0.5, 0.6) is 0 Å². The number of nitrogens with two attached hydrogens (primary N) is 1. The van der Waals surface area contributed by atoms with Crippen LogP contribution in [0.1, 0.15) is 21.5 Å². The maximum Gasteiger partial charge on any atom is 0.196 e. The van der Waals surface area contributed by atoms with E-state index >= 15 is 0 Å². The first kappa shape index (κ1) is 11.5. The van der Waals surface area contributed by atoms with Crippen LogP contribution < -0.4 is 5.73 Å². The van der Waals surface area contributed by atoms with Crippen LogP contribution >= 0.6 is 0 Å². The van der Waals surface area contributed by atoms with Crippen LogP contribution in [0.15, 0.2) is 36.7 Å². The maximum absolute atomic E-state index is 12.3. The average molecular weight is 229 g/mol. The molecule has 0 amide bonds. The van der Waals surface area contributed by atoms with E-state index in [-0.39, 0.29) is 5.78 Å². The summed E-state index contributed by atoms with van der Waals surface area (Å²) < 4.78 is 1.62. The van der Waals surface area contributed by atoms with Crippen molar-refractivity contribution in [3.8, 4) is 0 Å². The summed E-state index contributed by atoms with van der Waals surface area (Å²) in [4.78, 5) is 12.3. The molecule has 1 aromatic carbocycles. The van der Waals surface area contributed by atoms with Crippen LogP contribution in [0.25, 0.3) is 0 Å². The second-order valence-corrected chi connectivity index (χ2v) is 3.93. The minimum Gasteiger partial charge on any atom is -0.330 e. The Balaban J connectivity index is 2.36. The maximum atomic E-state index is 12.3. The van der Waals surface area contributed by atoms with Gasteiger partial charge in [0.1, 0.15) is 0 Å². The average Bonchev–Trinajstić information content (AvgIpc) is 2.76. The molecule has 0 radical (unpaired) electrons. The van der Waals surface area contributed by atoms with Gasteiger partial charge in [-0.15, -0.1) is 0 Å². The highest BCUT2D eigenvalue weighted by Crippen LogP contribution is 2.14. The number of ketones is 1. The summed E-state index contributed by atoms with van der Waals surface area (Å²) in [5.74, 6) is 0.00199. The van der Waals surface area contributed by atoms with Gasteiger partial charge in [-0.2, -0.15) is 5.10 Å². The van der Waals surface area contributed by atoms with Gasteiger partial charge in [-0.05, 0) is 18.5 Å². The summed E-state index contributed by atoms with van der Waals surface area (Å²) in [5, 5.41) is 4.01. The first-order valence-corrected chi connectivity index (χ1v) is 5.53. The summed E-state index contributed by atoms with van der Waals surface area (Å²) in [6.07, 6.45) is 4.02. The number of nitrogens with zero attached hydrogens (tertiary/aromatic N) is 2. The molecule has 1 aromatic heterocycles. The van der Waals surface area contributed by atoms with E-state index in [0.29, 0.717) is 24.1 Å². The van der Waals surface area contributed by atoms with Gasteiger partial charge in [0.05, 0.1) is 11.8 Å². The number of carbonyl (C=O) groups is 1. The molecule has 2 N–H and O–H groups in total. The molecule has 0 saturated carbocycles. The number of hydrogen-bond acceptors (Lipinski definition) is 3. The van der Waals surface area contributed by atoms with Crippen molar-refractivity contribution >= 4 is 5.78 Å². The van der Waals surface area contributed by atoms with Crippen molar-refractivity contribution < 1.29 is 4.79 Å². The van der Waals surface area contributed by atoms with E-state index < -0.39 is 0 Å². The van der Waals surface area contributed by atoms with E-state index in [1.165, 1.54) is 0 Å². The molecule has 4 heteroatoms. The van der Waals surface area contributed by atoms with E-state index in [2.05, 4.69) is 5.10 Å². The van der Waals surface area contributed by atoms with Crippen LogP contribution in [-0.2, 0) is 13.5 Å². The fourth-order valence-electron chi connectivity index (χ4n) is 1.81. The molecule has 0 aliphatic rings. The molecule has 0 aliphatic carbocycles. The van der Waals surface area contributed by atoms with Crippen LogP contribution in [0.4, 0.5) is 0 Å². The Morgan fingerprint density at radius 3 is 2.82 bits per heavy atom. The Morgan fingerprint density at radius 2 is 2.18 bits per heavy atom. The van der Waals surface area contributed by atoms with Crippen molar-refractivity contribution in [1.82, 2.24) is 9.78 Å². The van der Waals surface area contributed by atoms with Gasteiger partial charge in [-0.3, -0.25) is 9.48 Å². The monoisotopic (exact) mass is 229 g/mol. The zero-order valence-corrected chi connectivity index (χ0v) is 9.76. The summed E-state index contributed by atoms with van der Waals surface area (Å²) in [5.41, 5.74) is 7.86. The number of rotatable bonds is 4. The normalized spacial score (nSPS) is 10.5. The van der Waals surface area contributed by atoms with E-state index in [4.69, 9.17) is 5.73 Å². The smallest absolute Gasteiger partial charge is 0.196 e. The molecule has 0 unspecified atom stereocenters. The molecule has 88 valence electrons. The van der Waals surface area contributed by atoms with Gasteiger partial charge >= 0.3 is 0 Å². The number of hydrogen-bond donors (Lipinski definition) is 1. The predicted molar refractivity (Wildman–Crippen MR) is 65.8 cm³/mol. The lowest BCUT2D eigenvalue weighted by molar-refractivity contribution is 0.103. The van der Waals surface area contributed by atoms with Crippen LogP contribution in [-0.4, -0.2) is 22.1 Å². The van der Waals surface area contributed by atoms with Gasteiger partial charge in [0, 0.05) is 18.8 Å². The van der Waals surface area contributed by atoms with Gasteiger partial charge in [-0.1, -0.05) is 24.3 Å². The molecule has 2 rings (SSSR count). The molecule has 0 fully saturated rings. The molecular weight excluding hydrogens is 214 g/mol. The van der Waals surface area contributed by atoms with Crippen molar-refractivity contribution in [1.29, 1.82) is 0 Å². The quantitative estimate of drug-likeness (QED) is 0.800. The Morgan fingerprint density at radius 1 is 1.41 bits per heavy atom. The highest BCUT2D eigenvalue weighted by atomic mass is 16.1. The zero-order valence-electron chi connectivity index (χ0n) is 9.76. The van der Waals surface area contributed by atoms with E-state index in [1.807, 2.05) is 24.3 Å².